The topological polar surface area (TPSA) is 87.9 Å². The molecule has 0 bridgehead atoms. The molecule has 7 nitrogen and oxygen atoms in total. The maximum atomic E-state index is 13.3. The second kappa shape index (κ2) is 7.16. The van der Waals surface area contributed by atoms with Crippen LogP contribution in [-0.2, 0) is 9.57 Å². The third-order valence-electron chi connectivity index (χ3n) is 10.6. The SMILES string of the molecule is CC1(C)COC(C)([C@H]2CCC3C4CC=C5CC(O[N+](=O)[O-])CC[C@]5(C)C4CC[C@@]32C)N1[O-]. The summed E-state index contributed by atoms with van der Waals surface area (Å²) in [6.45, 7) is 11.3. The highest BCUT2D eigenvalue weighted by molar-refractivity contribution is 5.26. The Bertz CT molecular complexity index is 829. The summed E-state index contributed by atoms with van der Waals surface area (Å²) in [6.07, 6.45) is 10.1. The van der Waals surface area contributed by atoms with Gasteiger partial charge in [-0.1, -0.05) is 25.5 Å². The number of rotatable bonds is 3. The fraction of sp³-hybridized carbons (Fsp3) is 0.920. The Morgan fingerprint density at radius 2 is 1.84 bits per heavy atom. The van der Waals surface area contributed by atoms with E-state index in [0.29, 0.717) is 30.8 Å². The van der Waals surface area contributed by atoms with Gasteiger partial charge in [0.1, 0.15) is 11.8 Å². The van der Waals surface area contributed by atoms with Gasteiger partial charge in [0.15, 0.2) is 0 Å². The number of hydroxylamine groups is 2. The van der Waals surface area contributed by atoms with Gasteiger partial charge in [-0.15, -0.1) is 10.1 Å². The van der Waals surface area contributed by atoms with E-state index < -0.39 is 16.4 Å². The lowest BCUT2D eigenvalue weighted by Gasteiger charge is -2.60. The average Bonchev–Trinajstić information content (AvgIpc) is 3.18. The molecule has 4 fully saturated rings. The lowest BCUT2D eigenvalue weighted by molar-refractivity contribution is -0.769. The second-order valence-electron chi connectivity index (χ2n) is 12.6. The van der Waals surface area contributed by atoms with Crippen molar-refractivity contribution in [2.24, 2.45) is 34.5 Å². The number of nitrogens with zero attached hydrogens (tertiary/aromatic N) is 2. The minimum atomic E-state index is -0.739. The molecule has 1 aliphatic heterocycles. The van der Waals surface area contributed by atoms with Gasteiger partial charge in [-0.2, -0.15) is 0 Å². The molecule has 32 heavy (non-hydrogen) atoms. The van der Waals surface area contributed by atoms with Crippen molar-refractivity contribution in [1.29, 1.82) is 0 Å². The normalized spacial score (nSPS) is 50.2. The zero-order valence-electron chi connectivity index (χ0n) is 20.3. The number of allylic oxidation sites excluding steroid dienone is 1. The summed E-state index contributed by atoms with van der Waals surface area (Å²) < 4.78 is 6.28. The van der Waals surface area contributed by atoms with E-state index in [1.54, 1.807) is 0 Å². The summed E-state index contributed by atoms with van der Waals surface area (Å²) in [5.74, 6) is 2.10. The summed E-state index contributed by atoms with van der Waals surface area (Å²) in [5, 5.41) is 24.8. The molecule has 0 aromatic carbocycles. The Kier molecular flexibility index (Phi) is 5.06. The summed E-state index contributed by atoms with van der Waals surface area (Å²) in [7, 11) is 0. The van der Waals surface area contributed by atoms with Crippen LogP contribution in [0.1, 0.15) is 86.0 Å². The first-order valence-electron chi connectivity index (χ1n) is 12.5. The molecule has 7 heteroatoms. The highest BCUT2D eigenvalue weighted by Gasteiger charge is 2.63. The maximum Gasteiger partial charge on any atom is 0.294 e. The minimum Gasteiger partial charge on any atom is -0.783 e. The molecule has 0 radical (unpaired) electrons. The van der Waals surface area contributed by atoms with Crippen molar-refractivity contribution >= 4 is 0 Å². The van der Waals surface area contributed by atoms with Crippen molar-refractivity contribution in [2.45, 2.75) is 103 Å². The van der Waals surface area contributed by atoms with Crippen molar-refractivity contribution in [3.8, 4) is 0 Å². The fourth-order valence-corrected chi connectivity index (χ4v) is 9.00. The largest absolute Gasteiger partial charge is 0.783 e. The van der Waals surface area contributed by atoms with Gasteiger partial charge in [0.2, 0.25) is 0 Å². The molecule has 8 atom stereocenters. The van der Waals surface area contributed by atoms with Crippen LogP contribution in [0.25, 0.3) is 0 Å². The number of ether oxygens (including phenoxy) is 1. The van der Waals surface area contributed by atoms with E-state index in [1.807, 2.05) is 20.8 Å². The van der Waals surface area contributed by atoms with Crippen molar-refractivity contribution in [1.82, 2.24) is 5.06 Å². The van der Waals surface area contributed by atoms with Gasteiger partial charge < -0.3 is 19.8 Å². The van der Waals surface area contributed by atoms with Crippen LogP contribution in [0.3, 0.4) is 0 Å². The van der Waals surface area contributed by atoms with Crippen molar-refractivity contribution in [3.63, 3.8) is 0 Å². The highest BCUT2D eigenvalue weighted by Crippen LogP contribution is 2.68. The van der Waals surface area contributed by atoms with E-state index in [-0.39, 0.29) is 22.9 Å². The average molecular weight is 448 g/mol. The lowest BCUT2D eigenvalue weighted by Crippen LogP contribution is -2.57. The fourth-order valence-electron chi connectivity index (χ4n) is 9.00. The van der Waals surface area contributed by atoms with E-state index in [9.17, 15) is 15.3 Å². The molecule has 1 saturated heterocycles. The van der Waals surface area contributed by atoms with Crippen LogP contribution in [0.5, 0.6) is 0 Å². The molecule has 5 rings (SSSR count). The van der Waals surface area contributed by atoms with Crippen LogP contribution in [0.2, 0.25) is 0 Å². The quantitative estimate of drug-likeness (QED) is 0.324. The third-order valence-corrected chi connectivity index (χ3v) is 10.6. The van der Waals surface area contributed by atoms with Gasteiger partial charge in [-0.3, -0.25) is 0 Å². The molecule has 5 aliphatic rings. The molecule has 4 aliphatic carbocycles. The zero-order chi connectivity index (χ0) is 23.1. The number of hydrogen-bond acceptors (Lipinski definition) is 6. The first kappa shape index (κ1) is 22.6. The van der Waals surface area contributed by atoms with Gasteiger partial charge >= 0.3 is 0 Å². The van der Waals surface area contributed by atoms with E-state index in [1.165, 1.54) is 23.5 Å². The smallest absolute Gasteiger partial charge is 0.294 e. The molecule has 1 heterocycles. The summed E-state index contributed by atoms with van der Waals surface area (Å²) in [6, 6.07) is 0. The Labute approximate surface area is 191 Å². The van der Waals surface area contributed by atoms with E-state index in [0.717, 1.165) is 32.1 Å². The van der Waals surface area contributed by atoms with Crippen molar-refractivity contribution in [3.05, 3.63) is 27.0 Å². The number of hydrogen-bond donors (Lipinski definition) is 0. The van der Waals surface area contributed by atoms with Gasteiger partial charge in [0.25, 0.3) is 5.09 Å². The monoisotopic (exact) mass is 447 g/mol. The van der Waals surface area contributed by atoms with Crippen LogP contribution in [0.15, 0.2) is 11.6 Å². The van der Waals surface area contributed by atoms with Crippen LogP contribution in [0.4, 0.5) is 0 Å². The molecule has 5 unspecified atom stereocenters. The van der Waals surface area contributed by atoms with Crippen LogP contribution in [0, 0.1) is 49.8 Å². The standard InChI is InChI=1S/C25H39N2O5/c1-22(2)15-31-25(5,26(22)28)21-9-8-19-18-7-6-16-14-17(32-27(29)30)10-12-23(16,3)20(18)11-13-24(19,21)4/h6,17-21H,7-15H2,1-5H3/q-1/t17?,18?,19?,20?,21-,23-,24-,25?/m0/s1. The zero-order valence-corrected chi connectivity index (χ0v) is 20.3. The Morgan fingerprint density at radius 1 is 1.09 bits per heavy atom. The van der Waals surface area contributed by atoms with Gasteiger partial charge in [0, 0.05) is 11.5 Å². The lowest BCUT2D eigenvalue weighted by atomic mass is 9.47. The highest BCUT2D eigenvalue weighted by atomic mass is 17.0. The Hall–Kier alpha value is -1.18. The molecular formula is C25H39N2O5-. The first-order chi connectivity index (χ1) is 14.9. The second-order valence-corrected chi connectivity index (χ2v) is 12.6. The van der Waals surface area contributed by atoms with Crippen LogP contribution in [-0.4, -0.2) is 34.1 Å². The molecule has 0 spiro atoms. The van der Waals surface area contributed by atoms with Crippen molar-refractivity contribution in [2.75, 3.05) is 6.61 Å². The van der Waals surface area contributed by atoms with Crippen molar-refractivity contribution < 1.29 is 14.7 Å². The number of fused-ring (bicyclic) bond motifs is 5. The molecule has 180 valence electrons. The van der Waals surface area contributed by atoms with Crippen LogP contribution >= 0.6 is 0 Å². The Morgan fingerprint density at radius 3 is 2.50 bits per heavy atom. The maximum absolute atomic E-state index is 13.3. The summed E-state index contributed by atoms with van der Waals surface area (Å²) in [5.41, 5.74) is 0.415. The predicted octanol–water partition coefficient (Wildman–Crippen LogP) is 5.47. The minimum absolute atomic E-state index is 0.118. The van der Waals surface area contributed by atoms with E-state index >= 15 is 0 Å². The van der Waals surface area contributed by atoms with E-state index in [2.05, 4.69) is 19.9 Å². The molecule has 0 N–H and O–H groups in total. The first-order valence-corrected chi connectivity index (χ1v) is 12.5. The third kappa shape index (κ3) is 3.03. The molecule has 3 saturated carbocycles. The molecule has 0 aromatic heterocycles. The van der Waals surface area contributed by atoms with Crippen LogP contribution < -0.4 is 0 Å². The molecule has 0 amide bonds. The summed E-state index contributed by atoms with van der Waals surface area (Å²) >= 11 is 0. The van der Waals surface area contributed by atoms with Gasteiger partial charge in [-0.05, 0) is 101 Å². The molecular weight excluding hydrogens is 408 g/mol. The summed E-state index contributed by atoms with van der Waals surface area (Å²) in [4.78, 5) is 15.8. The predicted molar refractivity (Wildman–Crippen MR) is 121 cm³/mol. The van der Waals surface area contributed by atoms with Gasteiger partial charge in [-0.25, -0.2) is 0 Å². The van der Waals surface area contributed by atoms with E-state index in [4.69, 9.17) is 9.57 Å². The molecule has 0 aromatic rings. The Balaban J connectivity index is 1.40. The van der Waals surface area contributed by atoms with Gasteiger partial charge in [0.05, 0.1) is 6.61 Å².